The van der Waals surface area contributed by atoms with Crippen molar-refractivity contribution in [3.63, 3.8) is 0 Å². The van der Waals surface area contributed by atoms with E-state index in [1.54, 1.807) is 12.1 Å². The van der Waals surface area contributed by atoms with Crippen molar-refractivity contribution in [1.29, 1.82) is 0 Å². The minimum absolute atomic E-state index is 0.128. The largest absolute Gasteiger partial charge is 0.325 e. The van der Waals surface area contributed by atoms with Crippen molar-refractivity contribution in [2.45, 2.75) is 37.6 Å². The van der Waals surface area contributed by atoms with Crippen molar-refractivity contribution in [3.05, 3.63) is 24.3 Å². The number of piperidine rings is 1. The van der Waals surface area contributed by atoms with Crippen LogP contribution in [0.2, 0.25) is 0 Å². The Balaban J connectivity index is 2.17. The average molecular weight is 325 g/mol. The summed E-state index contributed by atoms with van der Waals surface area (Å²) in [6.07, 6.45) is 2.03. The van der Waals surface area contributed by atoms with Gasteiger partial charge < -0.3 is 10.6 Å². The van der Waals surface area contributed by atoms with Crippen molar-refractivity contribution in [2.24, 2.45) is 5.41 Å². The minimum Gasteiger partial charge on any atom is -0.325 e. The Kier molecular flexibility index (Phi) is 4.89. The van der Waals surface area contributed by atoms with Crippen LogP contribution in [0.15, 0.2) is 29.2 Å². The highest BCUT2D eigenvalue weighted by molar-refractivity contribution is 7.89. The predicted octanol–water partition coefficient (Wildman–Crippen LogP) is 1.31. The number of carbonyl (C=O) groups excluding carboxylic acids is 1. The molecule has 1 aliphatic rings. The monoisotopic (exact) mass is 325 g/mol. The first kappa shape index (κ1) is 16.9. The van der Waals surface area contributed by atoms with Crippen molar-refractivity contribution in [1.82, 2.24) is 10.0 Å². The van der Waals surface area contributed by atoms with Crippen molar-refractivity contribution in [2.75, 3.05) is 18.9 Å². The van der Waals surface area contributed by atoms with E-state index in [1.165, 1.54) is 19.2 Å². The zero-order chi connectivity index (χ0) is 16.4. The Bertz CT molecular complexity index is 656. The zero-order valence-electron chi connectivity index (χ0n) is 13.1. The third-order valence-corrected chi connectivity index (χ3v) is 5.48. The highest BCUT2D eigenvalue weighted by Gasteiger charge is 2.37. The molecule has 1 atom stereocenters. The second-order valence-corrected chi connectivity index (χ2v) is 8.09. The van der Waals surface area contributed by atoms with Crippen LogP contribution >= 0.6 is 0 Å². The summed E-state index contributed by atoms with van der Waals surface area (Å²) < 4.78 is 25.9. The first-order valence-electron chi connectivity index (χ1n) is 7.34. The molecule has 1 fully saturated rings. The molecule has 1 aromatic carbocycles. The number of hydrogen-bond donors (Lipinski definition) is 3. The maximum atomic E-state index is 12.5. The molecule has 1 amide bonds. The van der Waals surface area contributed by atoms with Crippen LogP contribution in [0.4, 0.5) is 5.69 Å². The van der Waals surface area contributed by atoms with E-state index in [0.717, 1.165) is 19.4 Å². The van der Waals surface area contributed by atoms with Gasteiger partial charge in [-0.05, 0) is 50.0 Å². The molecule has 0 saturated carbocycles. The lowest BCUT2D eigenvalue weighted by Gasteiger charge is -2.38. The van der Waals surface area contributed by atoms with Gasteiger partial charge in [-0.2, -0.15) is 0 Å². The summed E-state index contributed by atoms with van der Waals surface area (Å²) in [7, 11) is -2.16. The molecular formula is C15H23N3O3S. The lowest BCUT2D eigenvalue weighted by Crippen LogP contribution is -2.53. The van der Waals surface area contributed by atoms with Crippen LogP contribution in [0.5, 0.6) is 0 Å². The molecule has 0 bridgehead atoms. The number of carbonyl (C=O) groups is 1. The standard InChI is InChI=1S/C15H23N3O3S/c1-15(2)8-5-9-17-13(15)14(19)18-11-6-4-7-12(10-11)22(20,21)16-3/h4,6-7,10,13,16-17H,5,8-9H2,1-3H3,(H,18,19). The highest BCUT2D eigenvalue weighted by atomic mass is 32.2. The van der Waals surface area contributed by atoms with Gasteiger partial charge in [-0.15, -0.1) is 0 Å². The Morgan fingerprint density at radius 2 is 2.09 bits per heavy atom. The van der Waals surface area contributed by atoms with Crippen LogP contribution in [-0.2, 0) is 14.8 Å². The normalized spacial score (nSPS) is 21.3. The number of sulfonamides is 1. The van der Waals surface area contributed by atoms with Gasteiger partial charge in [0.05, 0.1) is 10.9 Å². The van der Waals surface area contributed by atoms with Gasteiger partial charge in [0, 0.05) is 5.69 Å². The third-order valence-electron chi connectivity index (χ3n) is 4.07. The van der Waals surface area contributed by atoms with Crippen LogP contribution < -0.4 is 15.4 Å². The summed E-state index contributed by atoms with van der Waals surface area (Å²) in [6.45, 7) is 4.94. The van der Waals surface area contributed by atoms with Gasteiger partial charge in [0.1, 0.15) is 0 Å². The molecule has 7 heteroatoms. The molecule has 1 aliphatic heterocycles. The van der Waals surface area contributed by atoms with Crippen molar-refractivity contribution < 1.29 is 13.2 Å². The quantitative estimate of drug-likeness (QED) is 0.779. The van der Waals surface area contributed by atoms with Gasteiger partial charge in [-0.3, -0.25) is 4.79 Å². The second-order valence-electron chi connectivity index (χ2n) is 6.20. The molecule has 122 valence electrons. The molecular weight excluding hydrogens is 302 g/mol. The number of nitrogens with one attached hydrogen (secondary N) is 3. The van der Waals surface area contributed by atoms with Crippen molar-refractivity contribution in [3.8, 4) is 0 Å². The fourth-order valence-electron chi connectivity index (χ4n) is 2.73. The van der Waals surface area contributed by atoms with E-state index in [1.807, 2.05) is 0 Å². The van der Waals surface area contributed by atoms with Gasteiger partial charge in [0.25, 0.3) is 0 Å². The third kappa shape index (κ3) is 3.66. The number of anilines is 1. The Morgan fingerprint density at radius 1 is 1.36 bits per heavy atom. The summed E-state index contributed by atoms with van der Waals surface area (Å²) >= 11 is 0. The molecule has 1 aromatic rings. The van der Waals surface area contributed by atoms with E-state index in [0.29, 0.717) is 5.69 Å². The SMILES string of the molecule is CNS(=O)(=O)c1cccc(NC(=O)C2NCCCC2(C)C)c1. The number of amides is 1. The van der Waals surface area contributed by atoms with Gasteiger partial charge in [-0.25, -0.2) is 13.1 Å². The number of benzene rings is 1. The van der Waals surface area contributed by atoms with E-state index < -0.39 is 10.0 Å². The molecule has 0 aromatic heterocycles. The maximum Gasteiger partial charge on any atom is 0.242 e. The maximum absolute atomic E-state index is 12.5. The first-order chi connectivity index (χ1) is 10.3. The molecule has 1 saturated heterocycles. The molecule has 1 unspecified atom stereocenters. The number of hydrogen-bond acceptors (Lipinski definition) is 4. The Labute approximate surface area is 131 Å². The van der Waals surface area contributed by atoms with E-state index in [4.69, 9.17) is 0 Å². The van der Waals surface area contributed by atoms with Crippen molar-refractivity contribution >= 4 is 21.6 Å². The Hall–Kier alpha value is -1.44. The smallest absolute Gasteiger partial charge is 0.242 e. The molecule has 0 radical (unpaired) electrons. The van der Waals surface area contributed by atoms with Gasteiger partial charge >= 0.3 is 0 Å². The Morgan fingerprint density at radius 3 is 2.73 bits per heavy atom. The summed E-state index contributed by atoms with van der Waals surface area (Å²) in [5, 5.41) is 6.05. The molecule has 3 N–H and O–H groups in total. The molecule has 2 rings (SSSR count). The summed E-state index contributed by atoms with van der Waals surface area (Å²) in [6, 6.07) is 5.96. The van der Waals surface area contributed by atoms with E-state index in [2.05, 4.69) is 29.2 Å². The average Bonchev–Trinajstić information content (AvgIpc) is 2.47. The van der Waals surface area contributed by atoms with Crippen LogP contribution in [-0.4, -0.2) is 34.0 Å². The highest BCUT2D eigenvalue weighted by Crippen LogP contribution is 2.30. The topological polar surface area (TPSA) is 87.3 Å². The molecule has 22 heavy (non-hydrogen) atoms. The van der Waals surface area contributed by atoms with Crippen LogP contribution in [0.3, 0.4) is 0 Å². The second kappa shape index (κ2) is 6.36. The van der Waals surface area contributed by atoms with Gasteiger partial charge in [-0.1, -0.05) is 19.9 Å². The molecule has 0 aliphatic carbocycles. The summed E-state index contributed by atoms with van der Waals surface area (Å²) in [5.74, 6) is -0.135. The van der Waals surface area contributed by atoms with E-state index >= 15 is 0 Å². The van der Waals surface area contributed by atoms with Crippen LogP contribution in [0.1, 0.15) is 26.7 Å². The number of rotatable bonds is 4. The zero-order valence-corrected chi connectivity index (χ0v) is 14.0. The van der Waals surface area contributed by atoms with Crippen LogP contribution in [0, 0.1) is 5.41 Å². The lowest BCUT2D eigenvalue weighted by molar-refractivity contribution is -0.121. The van der Waals surface area contributed by atoms with E-state index in [9.17, 15) is 13.2 Å². The predicted molar refractivity (Wildman–Crippen MR) is 86.1 cm³/mol. The first-order valence-corrected chi connectivity index (χ1v) is 8.82. The molecule has 1 heterocycles. The van der Waals surface area contributed by atoms with E-state index in [-0.39, 0.29) is 22.3 Å². The molecule has 0 spiro atoms. The van der Waals surface area contributed by atoms with Crippen LogP contribution in [0.25, 0.3) is 0 Å². The van der Waals surface area contributed by atoms with Gasteiger partial charge in [0.2, 0.25) is 15.9 Å². The lowest BCUT2D eigenvalue weighted by atomic mass is 9.77. The molecule has 6 nitrogen and oxygen atoms in total. The fraction of sp³-hybridized carbons (Fsp3) is 0.533. The summed E-state index contributed by atoms with van der Waals surface area (Å²) in [5.41, 5.74) is 0.348. The van der Waals surface area contributed by atoms with Gasteiger partial charge in [0.15, 0.2) is 0 Å². The summed E-state index contributed by atoms with van der Waals surface area (Å²) in [4.78, 5) is 12.6. The minimum atomic E-state index is -3.52. The fourth-order valence-corrected chi connectivity index (χ4v) is 3.51.